The van der Waals surface area contributed by atoms with Crippen LogP contribution in [0.3, 0.4) is 0 Å². The molecule has 19 heavy (non-hydrogen) atoms. The van der Waals surface area contributed by atoms with Crippen molar-refractivity contribution in [3.63, 3.8) is 0 Å². The van der Waals surface area contributed by atoms with Crippen molar-refractivity contribution in [1.29, 1.82) is 0 Å². The highest BCUT2D eigenvalue weighted by molar-refractivity contribution is 5.77. The number of unbranched alkanes of at least 4 members (excludes halogenated alkanes) is 9. The van der Waals surface area contributed by atoms with Crippen LogP contribution in [0.2, 0.25) is 0 Å². The molecule has 3 nitrogen and oxygen atoms in total. The molecule has 1 amide bonds. The fourth-order valence-electron chi connectivity index (χ4n) is 2.20. The van der Waals surface area contributed by atoms with Crippen LogP contribution in [0.1, 0.15) is 78.1 Å². The second-order valence-electron chi connectivity index (χ2n) is 5.31. The first kappa shape index (κ1) is 18.4. The molecule has 3 heteroatoms. The first-order valence-electron chi connectivity index (χ1n) is 8.28. The number of hydrogen-bond donors (Lipinski definition) is 2. The molecule has 0 heterocycles. The second kappa shape index (κ2) is 15.5. The van der Waals surface area contributed by atoms with E-state index in [0.29, 0.717) is 6.54 Å². The minimum absolute atomic E-state index is 0.106. The van der Waals surface area contributed by atoms with Gasteiger partial charge in [0.05, 0.1) is 6.54 Å². The third-order valence-electron chi connectivity index (χ3n) is 3.37. The molecule has 0 unspecified atom stereocenters. The molecule has 0 atom stereocenters. The van der Waals surface area contributed by atoms with Crippen LogP contribution in [0.4, 0.5) is 0 Å². The molecule has 0 aliphatic rings. The number of rotatable bonds is 14. The van der Waals surface area contributed by atoms with Gasteiger partial charge in [-0.15, -0.1) is 0 Å². The second-order valence-corrected chi connectivity index (χ2v) is 5.31. The SMILES string of the molecule is CCCCCCCCCCCCNCC(=O)NCC. The minimum atomic E-state index is 0.106. The van der Waals surface area contributed by atoms with Gasteiger partial charge in [-0.25, -0.2) is 0 Å². The van der Waals surface area contributed by atoms with Crippen molar-refractivity contribution in [2.24, 2.45) is 0 Å². The first-order chi connectivity index (χ1) is 9.31. The van der Waals surface area contributed by atoms with E-state index in [1.165, 1.54) is 64.2 Å². The molecule has 0 aromatic rings. The van der Waals surface area contributed by atoms with Crippen molar-refractivity contribution in [2.75, 3.05) is 19.6 Å². The van der Waals surface area contributed by atoms with E-state index in [4.69, 9.17) is 0 Å². The number of nitrogens with one attached hydrogen (secondary N) is 2. The zero-order chi connectivity index (χ0) is 14.2. The largest absolute Gasteiger partial charge is 0.355 e. The number of likely N-dealkylation sites (N-methyl/N-ethyl adjacent to an activating group) is 1. The zero-order valence-corrected chi connectivity index (χ0v) is 13.1. The average molecular weight is 270 g/mol. The van der Waals surface area contributed by atoms with Gasteiger partial charge in [0.15, 0.2) is 0 Å². The van der Waals surface area contributed by atoms with Crippen LogP contribution in [0.25, 0.3) is 0 Å². The summed E-state index contributed by atoms with van der Waals surface area (Å²) in [4.78, 5) is 11.2. The lowest BCUT2D eigenvalue weighted by atomic mass is 10.1. The molecule has 0 radical (unpaired) electrons. The molecule has 0 spiro atoms. The van der Waals surface area contributed by atoms with Gasteiger partial charge in [-0.3, -0.25) is 4.79 Å². The molecule has 0 aliphatic heterocycles. The smallest absolute Gasteiger partial charge is 0.233 e. The minimum Gasteiger partial charge on any atom is -0.355 e. The van der Waals surface area contributed by atoms with Gasteiger partial charge in [-0.1, -0.05) is 64.7 Å². The summed E-state index contributed by atoms with van der Waals surface area (Å²) in [6.45, 7) is 6.36. The molecule has 114 valence electrons. The van der Waals surface area contributed by atoms with Crippen LogP contribution in [-0.2, 0) is 4.79 Å². The van der Waals surface area contributed by atoms with Gasteiger partial charge < -0.3 is 10.6 Å². The molecule has 0 saturated heterocycles. The first-order valence-corrected chi connectivity index (χ1v) is 8.28. The van der Waals surface area contributed by atoms with Crippen molar-refractivity contribution in [2.45, 2.75) is 78.1 Å². The summed E-state index contributed by atoms with van der Waals surface area (Å²) in [5.74, 6) is 0.106. The molecule has 0 aromatic heterocycles. The lowest BCUT2D eigenvalue weighted by Crippen LogP contribution is -2.33. The Morgan fingerprint density at radius 2 is 1.32 bits per heavy atom. The highest BCUT2D eigenvalue weighted by atomic mass is 16.1. The standard InChI is InChI=1S/C16H34N2O/c1-3-5-6-7-8-9-10-11-12-13-14-17-15-16(19)18-4-2/h17H,3-15H2,1-2H3,(H,18,19). The Kier molecular flexibility index (Phi) is 15.0. The summed E-state index contributed by atoms with van der Waals surface area (Å²) in [7, 11) is 0. The maximum Gasteiger partial charge on any atom is 0.233 e. The van der Waals surface area contributed by atoms with E-state index in [9.17, 15) is 4.79 Å². The van der Waals surface area contributed by atoms with Crippen LogP contribution in [-0.4, -0.2) is 25.5 Å². The number of carbonyl (C=O) groups is 1. The molecule has 0 aromatic carbocycles. The van der Waals surface area contributed by atoms with Gasteiger partial charge >= 0.3 is 0 Å². The Morgan fingerprint density at radius 1 is 0.789 bits per heavy atom. The summed E-state index contributed by atoms with van der Waals surface area (Å²) in [5.41, 5.74) is 0. The maximum atomic E-state index is 11.2. The molecule has 2 N–H and O–H groups in total. The highest BCUT2D eigenvalue weighted by Gasteiger charge is 1.97. The zero-order valence-electron chi connectivity index (χ0n) is 13.1. The summed E-state index contributed by atoms with van der Waals surface area (Å²) in [5, 5.41) is 5.97. The van der Waals surface area contributed by atoms with E-state index >= 15 is 0 Å². The maximum absolute atomic E-state index is 11.2. The summed E-state index contributed by atoms with van der Waals surface area (Å²) in [6, 6.07) is 0. The third-order valence-corrected chi connectivity index (χ3v) is 3.37. The van der Waals surface area contributed by atoms with Crippen molar-refractivity contribution in [1.82, 2.24) is 10.6 Å². The molecule has 0 fully saturated rings. The lowest BCUT2D eigenvalue weighted by Gasteiger charge is -2.05. The van der Waals surface area contributed by atoms with Crippen molar-refractivity contribution < 1.29 is 4.79 Å². The van der Waals surface area contributed by atoms with E-state index in [-0.39, 0.29) is 5.91 Å². The van der Waals surface area contributed by atoms with Gasteiger partial charge in [0.2, 0.25) is 5.91 Å². The van der Waals surface area contributed by atoms with Gasteiger partial charge in [0.25, 0.3) is 0 Å². The van der Waals surface area contributed by atoms with Crippen molar-refractivity contribution >= 4 is 5.91 Å². The van der Waals surface area contributed by atoms with E-state index in [0.717, 1.165) is 13.1 Å². The Labute approximate surface area is 119 Å². The Bertz CT molecular complexity index is 195. The monoisotopic (exact) mass is 270 g/mol. The van der Waals surface area contributed by atoms with E-state index in [1.807, 2.05) is 6.92 Å². The third kappa shape index (κ3) is 15.4. The van der Waals surface area contributed by atoms with Crippen LogP contribution in [0.15, 0.2) is 0 Å². The number of amides is 1. The van der Waals surface area contributed by atoms with Crippen molar-refractivity contribution in [3.05, 3.63) is 0 Å². The fraction of sp³-hybridized carbons (Fsp3) is 0.938. The van der Waals surface area contributed by atoms with E-state index in [1.54, 1.807) is 0 Å². The fourth-order valence-corrected chi connectivity index (χ4v) is 2.20. The van der Waals surface area contributed by atoms with Crippen LogP contribution >= 0.6 is 0 Å². The summed E-state index contributed by atoms with van der Waals surface area (Å²) in [6.07, 6.45) is 13.6. The van der Waals surface area contributed by atoms with Gasteiger partial charge in [-0.2, -0.15) is 0 Å². The van der Waals surface area contributed by atoms with Gasteiger partial charge in [0.1, 0.15) is 0 Å². The van der Waals surface area contributed by atoms with E-state index in [2.05, 4.69) is 17.6 Å². The topological polar surface area (TPSA) is 41.1 Å². The molecule has 0 bridgehead atoms. The number of carbonyl (C=O) groups excluding carboxylic acids is 1. The van der Waals surface area contributed by atoms with Gasteiger partial charge in [0, 0.05) is 6.54 Å². The quantitative estimate of drug-likeness (QED) is 0.473. The highest BCUT2D eigenvalue weighted by Crippen LogP contribution is 2.10. The predicted molar refractivity (Wildman–Crippen MR) is 83.4 cm³/mol. The molecule has 0 saturated carbocycles. The Hall–Kier alpha value is -0.570. The molecular weight excluding hydrogens is 236 g/mol. The van der Waals surface area contributed by atoms with Crippen LogP contribution in [0.5, 0.6) is 0 Å². The van der Waals surface area contributed by atoms with Gasteiger partial charge in [-0.05, 0) is 19.9 Å². The average Bonchev–Trinajstić information content (AvgIpc) is 2.40. The molecule has 0 rings (SSSR count). The summed E-state index contributed by atoms with van der Waals surface area (Å²) < 4.78 is 0. The normalized spacial score (nSPS) is 10.6. The lowest BCUT2D eigenvalue weighted by molar-refractivity contribution is -0.120. The Morgan fingerprint density at radius 3 is 1.84 bits per heavy atom. The Balaban J connectivity index is 3.01. The molecule has 0 aliphatic carbocycles. The van der Waals surface area contributed by atoms with Crippen molar-refractivity contribution in [3.8, 4) is 0 Å². The number of hydrogen-bond acceptors (Lipinski definition) is 2. The van der Waals surface area contributed by atoms with E-state index < -0.39 is 0 Å². The summed E-state index contributed by atoms with van der Waals surface area (Å²) >= 11 is 0. The molecular formula is C16H34N2O. The predicted octanol–water partition coefficient (Wildman–Crippen LogP) is 3.63. The van der Waals surface area contributed by atoms with Crippen LogP contribution in [0, 0.1) is 0 Å². The van der Waals surface area contributed by atoms with Crippen LogP contribution < -0.4 is 10.6 Å².